The SMILES string of the molecule is C[C@@H](c1ccc(Cl)c(Cl)c1)n1c2c(c3cc(F)cc(S(C)(=O)=O)c31)CCCC2CC(=O)O. The summed E-state index contributed by atoms with van der Waals surface area (Å²) in [6, 6.07) is 7.18. The van der Waals surface area contributed by atoms with Gasteiger partial charge in [0.05, 0.1) is 32.9 Å². The van der Waals surface area contributed by atoms with Crippen LogP contribution in [0.2, 0.25) is 10.0 Å². The van der Waals surface area contributed by atoms with Gasteiger partial charge in [-0.1, -0.05) is 29.3 Å². The maximum atomic E-state index is 14.5. The van der Waals surface area contributed by atoms with Crippen molar-refractivity contribution < 1.29 is 22.7 Å². The molecule has 170 valence electrons. The summed E-state index contributed by atoms with van der Waals surface area (Å²) in [7, 11) is -3.77. The number of carboxylic acid groups (broad SMARTS) is 1. The molecule has 0 aliphatic heterocycles. The van der Waals surface area contributed by atoms with Gasteiger partial charge in [-0.3, -0.25) is 4.79 Å². The average molecular weight is 498 g/mol. The minimum atomic E-state index is -3.77. The number of sulfone groups is 1. The first kappa shape index (κ1) is 23.1. The molecule has 2 aromatic carbocycles. The number of carbonyl (C=O) groups is 1. The normalized spacial score (nSPS) is 17.3. The van der Waals surface area contributed by atoms with E-state index in [9.17, 15) is 22.7 Å². The molecule has 1 aliphatic rings. The first-order valence-electron chi connectivity index (χ1n) is 10.2. The van der Waals surface area contributed by atoms with Crippen molar-refractivity contribution in [1.29, 1.82) is 0 Å². The Hall–Kier alpha value is -2.09. The highest BCUT2D eigenvalue weighted by atomic mass is 35.5. The number of benzene rings is 2. The van der Waals surface area contributed by atoms with Crippen LogP contribution in [-0.4, -0.2) is 30.3 Å². The minimum absolute atomic E-state index is 0.0892. The smallest absolute Gasteiger partial charge is 0.304 e. The van der Waals surface area contributed by atoms with Crippen LogP contribution in [0.5, 0.6) is 0 Å². The molecule has 1 heterocycles. The van der Waals surface area contributed by atoms with Crippen LogP contribution in [0.3, 0.4) is 0 Å². The topological polar surface area (TPSA) is 76.4 Å². The van der Waals surface area contributed by atoms with Crippen LogP contribution < -0.4 is 0 Å². The van der Waals surface area contributed by atoms with Crippen LogP contribution in [0.15, 0.2) is 35.2 Å². The first-order valence-corrected chi connectivity index (χ1v) is 12.9. The molecule has 1 unspecified atom stereocenters. The monoisotopic (exact) mass is 497 g/mol. The molecule has 9 heteroatoms. The van der Waals surface area contributed by atoms with Crippen molar-refractivity contribution in [3.8, 4) is 0 Å². The highest BCUT2D eigenvalue weighted by molar-refractivity contribution is 7.91. The van der Waals surface area contributed by atoms with Gasteiger partial charge in [-0.2, -0.15) is 0 Å². The fourth-order valence-corrected chi connectivity index (χ4v) is 6.03. The van der Waals surface area contributed by atoms with E-state index in [1.807, 2.05) is 11.5 Å². The van der Waals surface area contributed by atoms with Crippen molar-refractivity contribution in [3.63, 3.8) is 0 Å². The summed E-state index contributed by atoms with van der Waals surface area (Å²) in [4.78, 5) is 11.5. The zero-order valence-electron chi connectivity index (χ0n) is 17.5. The van der Waals surface area contributed by atoms with E-state index in [2.05, 4.69) is 0 Å². The molecular formula is C23H22Cl2FNO4S. The van der Waals surface area contributed by atoms with Crippen molar-refractivity contribution in [3.05, 3.63) is 63.0 Å². The van der Waals surface area contributed by atoms with Crippen molar-refractivity contribution in [2.24, 2.45) is 0 Å². The lowest BCUT2D eigenvalue weighted by atomic mass is 9.84. The summed E-state index contributed by atoms with van der Waals surface area (Å²) >= 11 is 12.3. The fraction of sp³-hybridized carbons (Fsp3) is 0.348. The molecule has 0 bridgehead atoms. The second-order valence-corrected chi connectivity index (χ2v) is 11.1. The van der Waals surface area contributed by atoms with Crippen molar-refractivity contribution in [2.45, 2.75) is 49.5 Å². The zero-order chi connectivity index (χ0) is 23.4. The van der Waals surface area contributed by atoms with Crippen LogP contribution in [0.4, 0.5) is 4.39 Å². The van der Waals surface area contributed by atoms with Crippen LogP contribution in [0, 0.1) is 5.82 Å². The minimum Gasteiger partial charge on any atom is -0.481 e. The lowest BCUT2D eigenvalue weighted by Gasteiger charge is -2.28. The summed E-state index contributed by atoms with van der Waals surface area (Å²) < 4.78 is 41.7. The Balaban J connectivity index is 2.11. The largest absolute Gasteiger partial charge is 0.481 e. The molecule has 0 amide bonds. The highest BCUT2D eigenvalue weighted by Crippen LogP contribution is 2.45. The lowest BCUT2D eigenvalue weighted by Crippen LogP contribution is -2.20. The molecule has 3 aromatic rings. The predicted molar refractivity (Wildman–Crippen MR) is 123 cm³/mol. The second-order valence-electron chi connectivity index (χ2n) is 8.34. The Kier molecular flexibility index (Phi) is 6.03. The summed E-state index contributed by atoms with van der Waals surface area (Å²) in [6.45, 7) is 1.89. The molecule has 0 spiro atoms. The Morgan fingerprint density at radius 1 is 1.25 bits per heavy atom. The number of nitrogens with zero attached hydrogens (tertiary/aromatic N) is 1. The molecule has 32 heavy (non-hydrogen) atoms. The number of halogens is 3. The highest BCUT2D eigenvalue weighted by Gasteiger charge is 2.33. The summed E-state index contributed by atoms with van der Waals surface area (Å²) in [5.74, 6) is -1.89. The molecule has 5 nitrogen and oxygen atoms in total. The van der Waals surface area contributed by atoms with E-state index in [0.29, 0.717) is 33.8 Å². The van der Waals surface area contributed by atoms with Gasteiger partial charge >= 0.3 is 5.97 Å². The van der Waals surface area contributed by atoms with E-state index in [4.69, 9.17) is 23.2 Å². The third kappa shape index (κ3) is 4.02. The van der Waals surface area contributed by atoms with Crippen molar-refractivity contribution in [1.82, 2.24) is 4.57 Å². The number of aliphatic carboxylic acids is 1. The number of hydrogen-bond donors (Lipinski definition) is 1. The Morgan fingerprint density at radius 2 is 1.97 bits per heavy atom. The quantitative estimate of drug-likeness (QED) is 0.469. The van der Waals surface area contributed by atoms with E-state index in [0.717, 1.165) is 35.6 Å². The van der Waals surface area contributed by atoms with Crippen LogP contribution in [0.1, 0.15) is 55.0 Å². The molecule has 0 radical (unpaired) electrons. The Labute approximate surface area is 195 Å². The molecule has 0 saturated heterocycles. The number of carboxylic acids is 1. The van der Waals surface area contributed by atoms with Gasteiger partial charge in [0.1, 0.15) is 5.82 Å². The van der Waals surface area contributed by atoms with Gasteiger partial charge in [-0.05, 0) is 61.6 Å². The lowest BCUT2D eigenvalue weighted by molar-refractivity contribution is -0.137. The number of aromatic nitrogens is 1. The number of hydrogen-bond acceptors (Lipinski definition) is 3. The molecule has 1 N–H and O–H groups in total. The van der Waals surface area contributed by atoms with Gasteiger partial charge < -0.3 is 9.67 Å². The summed E-state index contributed by atoms with van der Waals surface area (Å²) in [5.41, 5.74) is 2.74. The van der Waals surface area contributed by atoms with Crippen LogP contribution in [0.25, 0.3) is 10.9 Å². The summed E-state index contributed by atoms with van der Waals surface area (Å²) in [5, 5.41) is 10.8. The summed E-state index contributed by atoms with van der Waals surface area (Å²) in [6.07, 6.45) is 2.98. The average Bonchev–Trinajstić information content (AvgIpc) is 3.03. The van der Waals surface area contributed by atoms with Crippen molar-refractivity contribution >= 4 is 49.9 Å². The Morgan fingerprint density at radius 3 is 2.59 bits per heavy atom. The molecule has 2 atom stereocenters. The van der Waals surface area contributed by atoms with E-state index < -0.39 is 27.7 Å². The molecule has 0 saturated carbocycles. The molecule has 1 aromatic heterocycles. The van der Waals surface area contributed by atoms with Gasteiger partial charge in [0.2, 0.25) is 0 Å². The molecule has 4 rings (SSSR count). The van der Waals surface area contributed by atoms with E-state index >= 15 is 0 Å². The number of aryl methyl sites for hydroxylation is 1. The molecule has 0 fully saturated rings. The standard InChI is InChI=1S/C23H22Cl2FNO4S/c1-12(13-6-7-18(24)19(25)8-13)27-22-14(9-21(28)29)4-3-5-16(22)17-10-15(26)11-20(23(17)27)32(2,30)31/h6-8,10-12,14H,3-5,9H2,1-2H3,(H,28,29)/t12-,14?/m0/s1. The predicted octanol–water partition coefficient (Wildman–Crippen LogP) is 5.99. The third-order valence-corrected chi connectivity index (χ3v) is 8.02. The Bertz CT molecular complexity index is 1350. The van der Waals surface area contributed by atoms with Gasteiger partial charge in [-0.15, -0.1) is 0 Å². The van der Waals surface area contributed by atoms with Crippen molar-refractivity contribution in [2.75, 3.05) is 6.26 Å². The zero-order valence-corrected chi connectivity index (χ0v) is 19.9. The maximum absolute atomic E-state index is 14.5. The number of rotatable bonds is 5. The third-order valence-electron chi connectivity index (χ3n) is 6.17. The van der Waals surface area contributed by atoms with Gasteiger partial charge in [0.25, 0.3) is 0 Å². The van der Waals surface area contributed by atoms with E-state index in [1.165, 1.54) is 6.07 Å². The first-order chi connectivity index (χ1) is 15.0. The number of fused-ring (bicyclic) bond motifs is 3. The van der Waals surface area contributed by atoms with E-state index in [1.54, 1.807) is 18.2 Å². The van der Waals surface area contributed by atoms with Gasteiger partial charge in [-0.25, -0.2) is 12.8 Å². The van der Waals surface area contributed by atoms with Crippen LogP contribution >= 0.6 is 23.2 Å². The fourth-order valence-electron chi connectivity index (χ4n) is 4.84. The molecular weight excluding hydrogens is 476 g/mol. The van der Waals surface area contributed by atoms with Gasteiger partial charge in [0, 0.05) is 23.3 Å². The van der Waals surface area contributed by atoms with Crippen LogP contribution in [-0.2, 0) is 21.1 Å². The molecule has 1 aliphatic carbocycles. The maximum Gasteiger partial charge on any atom is 0.304 e. The second kappa shape index (κ2) is 8.36. The van der Waals surface area contributed by atoms with Gasteiger partial charge in [0.15, 0.2) is 9.84 Å². The van der Waals surface area contributed by atoms with E-state index in [-0.39, 0.29) is 17.2 Å².